The third-order valence-electron chi connectivity index (χ3n) is 4.73. The number of benzene rings is 2. The van der Waals surface area contributed by atoms with Crippen molar-refractivity contribution in [3.63, 3.8) is 0 Å². The first-order valence-corrected chi connectivity index (χ1v) is 9.32. The number of aliphatic hydroxyl groups is 1. The lowest BCUT2D eigenvalue weighted by molar-refractivity contribution is -0.137. The van der Waals surface area contributed by atoms with Crippen molar-refractivity contribution in [1.82, 2.24) is 15.6 Å². The smallest absolute Gasteiger partial charge is 0.269 e. The molecule has 3 atom stereocenters. The molecule has 3 amide bonds. The number of aliphatic hydroxyl groups excluding tert-OH is 1. The molecule has 0 radical (unpaired) electrons. The van der Waals surface area contributed by atoms with Gasteiger partial charge in [-0.05, 0) is 30.2 Å². The number of rotatable bonds is 5. The Morgan fingerprint density at radius 2 is 1.77 bits per heavy atom. The minimum Gasteiger partial charge on any atom is -0.378 e. The number of amides is 3. The Hall–Kier alpha value is -3.66. The first-order valence-electron chi connectivity index (χ1n) is 9.32. The van der Waals surface area contributed by atoms with E-state index < -0.39 is 47.5 Å². The molecule has 0 bridgehead atoms. The lowest BCUT2D eigenvalue weighted by Gasteiger charge is -2.23. The Morgan fingerprint density at radius 1 is 1.13 bits per heavy atom. The fourth-order valence-electron chi connectivity index (χ4n) is 3.07. The average Bonchev–Trinajstić information content (AvgIpc) is 2.84. The van der Waals surface area contributed by atoms with Gasteiger partial charge in [-0.1, -0.05) is 24.3 Å². The van der Waals surface area contributed by atoms with Gasteiger partial charge in [-0.25, -0.2) is 13.8 Å². The van der Waals surface area contributed by atoms with Gasteiger partial charge in [-0.3, -0.25) is 14.4 Å². The number of hydrogen-bond acceptors (Lipinski definition) is 5. The van der Waals surface area contributed by atoms with E-state index >= 15 is 0 Å². The van der Waals surface area contributed by atoms with Crippen molar-refractivity contribution in [3.8, 4) is 0 Å². The van der Waals surface area contributed by atoms with Crippen molar-refractivity contribution in [2.75, 3.05) is 7.05 Å². The van der Waals surface area contributed by atoms with Gasteiger partial charge in [-0.15, -0.1) is 0 Å². The number of hydrazone groups is 1. The van der Waals surface area contributed by atoms with Gasteiger partial charge in [0.25, 0.3) is 11.8 Å². The van der Waals surface area contributed by atoms with Gasteiger partial charge >= 0.3 is 0 Å². The maximum Gasteiger partial charge on any atom is 0.269 e. The van der Waals surface area contributed by atoms with E-state index in [-0.39, 0.29) is 5.56 Å². The molecule has 162 valence electrons. The largest absolute Gasteiger partial charge is 0.378 e. The van der Waals surface area contributed by atoms with Gasteiger partial charge < -0.3 is 15.7 Å². The second-order valence-corrected chi connectivity index (χ2v) is 7.01. The highest BCUT2D eigenvalue weighted by molar-refractivity contribution is 5.96. The van der Waals surface area contributed by atoms with E-state index in [4.69, 9.17) is 0 Å². The number of nitrogens with zero attached hydrogens (tertiary/aromatic N) is 2. The second-order valence-electron chi connectivity index (χ2n) is 7.01. The number of nitrogens with one attached hydrogen (secondary N) is 2. The standard InChI is InChI=1S/C21H20F2N4O4/c1-11(25-20(30)18(28)13-7-14(22)9-15(23)8-13)19(29)26-17-16-6-4-3-5-12(16)10-24-27(2)21(17)31/h3-11,17-18,28H,1-2H3,(H,25,30)(H,26,29)/t11-,17-,18?/m0/s1. The fraction of sp³-hybridized carbons (Fsp3) is 0.238. The minimum atomic E-state index is -1.89. The van der Waals surface area contributed by atoms with Crippen molar-refractivity contribution in [2.24, 2.45) is 5.10 Å². The first-order chi connectivity index (χ1) is 14.7. The molecule has 10 heteroatoms. The lowest BCUT2D eigenvalue weighted by Crippen LogP contribution is -2.49. The van der Waals surface area contributed by atoms with Crippen molar-refractivity contribution < 1.29 is 28.3 Å². The normalized spacial score (nSPS) is 17.4. The van der Waals surface area contributed by atoms with E-state index in [1.165, 1.54) is 20.2 Å². The second kappa shape index (κ2) is 9.00. The Balaban J connectivity index is 1.71. The summed E-state index contributed by atoms with van der Waals surface area (Å²) in [5.41, 5.74) is 0.878. The third kappa shape index (κ3) is 4.92. The van der Waals surface area contributed by atoms with Crippen molar-refractivity contribution in [1.29, 1.82) is 0 Å². The van der Waals surface area contributed by atoms with Crippen LogP contribution in [-0.4, -0.2) is 47.1 Å². The number of fused-ring (bicyclic) bond motifs is 1. The van der Waals surface area contributed by atoms with Gasteiger partial charge in [0.15, 0.2) is 6.10 Å². The maximum absolute atomic E-state index is 13.3. The van der Waals surface area contributed by atoms with Crippen LogP contribution in [0.4, 0.5) is 8.78 Å². The topological polar surface area (TPSA) is 111 Å². The maximum atomic E-state index is 13.3. The molecule has 0 fully saturated rings. The van der Waals surface area contributed by atoms with Gasteiger partial charge in [0.05, 0.1) is 6.21 Å². The van der Waals surface area contributed by atoms with E-state index in [2.05, 4.69) is 15.7 Å². The van der Waals surface area contributed by atoms with E-state index in [0.717, 1.165) is 17.1 Å². The third-order valence-corrected chi connectivity index (χ3v) is 4.73. The average molecular weight is 430 g/mol. The van der Waals surface area contributed by atoms with Crippen LogP contribution in [0.3, 0.4) is 0 Å². The van der Waals surface area contributed by atoms with Crippen LogP contribution < -0.4 is 10.6 Å². The number of likely N-dealkylation sites (N-methyl/N-ethyl adjacent to an activating group) is 1. The molecule has 0 spiro atoms. The van der Waals surface area contributed by atoms with Crippen molar-refractivity contribution >= 4 is 23.9 Å². The molecule has 0 saturated heterocycles. The molecular formula is C21H20F2N4O4. The molecule has 1 unspecified atom stereocenters. The fourth-order valence-corrected chi connectivity index (χ4v) is 3.07. The van der Waals surface area contributed by atoms with Crippen LogP contribution in [0, 0.1) is 11.6 Å². The van der Waals surface area contributed by atoms with Crippen LogP contribution >= 0.6 is 0 Å². The zero-order valence-electron chi connectivity index (χ0n) is 16.7. The summed E-state index contributed by atoms with van der Waals surface area (Å²) in [5.74, 6) is -4.12. The quantitative estimate of drug-likeness (QED) is 0.661. The monoisotopic (exact) mass is 430 g/mol. The van der Waals surface area contributed by atoms with Crippen LogP contribution in [0.5, 0.6) is 0 Å². The van der Waals surface area contributed by atoms with E-state index in [9.17, 15) is 28.3 Å². The molecule has 8 nitrogen and oxygen atoms in total. The number of carbonyl (C=O) groups excluding carboxylic acids is 3. The summed E-state index contributed by atoms with van der Waals surface area (Å²) >= 11 is 0. The summed E-state index contributed by atoms with van der Waals surface area (Å²) < 4.78 is 26.7. The first kappa shape index (κ1) is 22.0. The van der Waals surface area contributed by atoms with E-state index in [1.807, 2.05) is 0 Å². The van der Waals surface area contributed by atoms with Crippen molar-refractivity contribution in [3.05, 3.63) is 70.8 Å². The van der Waals surface area contributed by atoms with Crippen LogP contribution in [0.25, 0.3) is 0 Å². The predicted molar refractivity (Wildman–Crippen MR) is 107 cm³/mol. The molecule has 2 aromatic carbocycles. The Bertz CT molecular complexity index is 1040. The van der Waals surface area contributed by atoms with Crippen LogP contribution in [-0.2, 0) is 14.4 Å². The molecule has 0 saturated carbocycles. The van der Waals surface area contributed by atoms with Gasteiger partial charge in [0.1, 0.15) is 23.7 Å². The summed E-state index contributed by atoms with van der Waals surface area (Å²) in [7, 11) is 1.45. The molecule has 3 N–H and O–H groups in total. The van der Waals surface area contributed by atoms with E-state index in [1.54, 1.807) is 24.3 Å². The minimum absolute atomic E-state index is 0.297. The molecule has 1 heterocycles. The molecule has 0 aliphatic carbocycles. The lowest BCUT2D eigenvalue weighted by atomic mass is 10.00. The summed E-state index contributed by atoms with van der Waals surface area (Å²) in [6.07, 6.45) is -0.390. The summed E-state index contributed by atoms with van der Waals surface area (Å²) in [4.78, 5) is 37.6. The zero-order chi connectivity index (χ0) is 22.7. The van der Waals surface area contributed by atoms with Crippen molar-refractivity contribution in [2.45, 2.75) is 25.1 Å². The molecule has 0 aromatic heterocycles. The number of carbonyl (C=O) groups is 3. The molecule has 31 heavy (non-hydrogen) atoms. The highest BCUT2D eigenvalue weighted by atomic mass is 19.1. The molecule has 1 aliphatic rings. The zero-order valence-corrected chi connectivity index (χ0v) is 16.7. The summed E-state index contributed by atoms with van der Waals surface area (Å²) in [6, 6.07) is 6.92. The van der Waals surface area contributed by atoms with Crippen LogP contribution in [0.1, 0.15) is 35.8 Å². The number of halogens is 2. The highest BCUT2D eigenvalue weighted by Crippen LogP contribution is 2.22. The summed E-state index contributed by atoms with van der Waals surface area (Å²) in [6.45, 7) is 1.35. The molecule has 2 aromatic rings. The SMILES string of the molecule is C[C@H](NC(=O)C(O)c1cc(F)cc(F)c1)C(=O)N[C@@H]1C(=O)N(C)N=Cc2ccccc21. The van der Waals surface area contributed by atoms with Gasteiger partial charge in [0.2, 0.25) is 5.91 Å². The Morgan fingerprint density at radius 3 is 2.45 bits per heavy atom. The highest BCUT2D eigenvalue weighted by Gasteiger charge is 2.31. The summed E-state index contributed by atoms with van der Waals surface area (Å²) in [5, 5.41) is 20.0. The Labute approximate surface area is 176 Å². The molecule has 3 rings (SSSR count). The van der Waals surface area contributed by atoms with Crippen LogP contribution in [0.15, 0.2) is 47.6 Å². The van der Waals surface area contributed by atoms with Gasteiger partial charge in [-0.2, -0.15) is 5.10 Å². The van der Waals surface area contributed by atoms with Crippen LogP contribution in [0.2, 0.25) is 0 Å². The molecule has 1 aliphatic heterocycles. The number of hydrogen-bond donors (Lipinski definition) is 3. The van der Waals surface area contributed by atoms with E-state index in [0.29, 0.717) is 17.2 Å². The molecular weight excluding hydrogens is 410 g/mol. The Kier molecular flexibility index (Phi) is 6.40. The van der Waals surface area contributed by atoms with Gasteiger partial charge in [0, 0.05) is 18.7 Å². The predicted octanol–water partition coefficient (Wildman–Crippen LogP) is 1.17.